The molecule has 0 amide bonds. The predicted molar refractivity (Wildman–Crippen MR) is 244 cm³/mol. The van der Waals surface area contributed by atoms with Gasteiger partial charge in [-0.2, -0.15) is 0 Å². The average molecular weight is 777 g/mol. The first kappa shape index (κ1) is 13.2. The van der Waals surface area contributed by atoms with E-state index in [0.717, 1.165) is 4.57 Å². The Morgan fingerprint density at radius 3 is 1.47 bits per heavy atom. The van der Waals surface area contributed by atoms with Crippen LogP contribution in [0.1, 0.15) is 46.6 Å². The van der Waals surface area contributed by atoms with Crippen LogP contribution in [0, 0.1) is 0 Å². The van der Waals surface area contributed by atoms with Crippen LogP contribution in [0.5, 0.6) is 0 Å². The summed E-state index contributed by atoms with van der Waals surface area (Å²) >= 11 is 0.553. The summed E-state index contributed by atoms with van der Waals surface area (Å²) in [6.45, 7) is 0. The zero-order valence-electron chi connectivity index (χ0n) is 62.3. The van der Waals surface area contributed by atoms with Crippen molar-refractivity contribution in [3.8, 4) is 44.8 Å². The quantitative estimate of drug-likeness (QED) is 0.165. The molecule has 12 aromatic rings. The van der Waals surface area contributed by atoms with Gasteiger partial charge in [-0.1, -0.05) is 139 Å². The molecule has 0 saturated heterocycles. The normalized spacial score (nSPS) is 20.2. The topological polar surface area (TPSA) is 9.86 Å². The van der Waals surface area contributed by atoms with Crippen LogP contribution in [-0.4, -0.2) is 9.13 Å². The van der Waals surface area contributed by atoms with Crippen molar-refractivity contribution in [1.82, 2.24) is 9.13 Å². The molecular weight excluding hydrogens is 709 g/mol. The second-order valence-electron chi connectivity index (χ2n) is 12.3. The fourth-order valence-corrected chi connectivity index (χ4v) is 7.77. The second-order valence-corrected chi connectivity index (χ2v) is 13.3. The third-order valence-electron chi connectivity index (χ3n) is 9.18. The first-order chi connectivity index (χ1) is 42.4. The molecule has 2 nitrogen and oxygen atoms in total. The SMILES string of the molecule is [2H]c1c([2H])c([2H])c(-c2c([2H])c([2H])c(-n3c4c([2H])c([2H])c([2H])c([2H])c4c4c([2H])c(-c5c([2H])c([2H])c6c(c5[2H])c5c([2H])c([2H])c([2H])c([2H])c5n6-c5c([2H])c([2H])c6c(sc7c([2H])c([2H])c([2H])c(-c8c([2H])c([2H])c([2H])c([2H])c8[2H])c76)c5[2H])c([2H])c([2H])c43)c([2H])c2[2H])c([2H])c1[2H]. The zero-order chi connectivity index (χ0) is 67.0. The number of fused-ring (bicyclic) bond motifs is 9. The summed E-state index contributed by atoms with van der Waals surface area (Å²) in [6.07, 6.45) is 0. The van der Waals surface area contributed by atoms with Gasteiger partial charge in [-0.3, -0.25) is 0 Å². The Kier molecular flexibility index (Phi) is 2.93. The van der Waals surface area contributed by atoms with Crippen molar-refractivity contribution in [2.45, 2.75) is 0 Å². The van der Waals surface area contributed by atoms with Crippen LogP contribution in [0.25, 0.3) is 109 Å². The summed E-state index contributed by atoms with van der Waals surface area (Å²) in [4.78, 5) is 0. The molecule has 0 atom stereocenters. The van der Waals surface area contributed by atoms with E-state index in [1.54, 1.807) is 0 Å². The molecule has 12 rings (SSSR count). The van der Waals surface area contributed by atoms with Crippen molar-refractivity contribution in [1.29, 1.82) is 0 Å². The van der Waals surface area contributed by atoms with Crippen LogP contribution in [0.4, 0.5) is 0 Å². The van der Waals surface area contributed by atoms with E-state index in [1.165, 1.54) is 0 Å². The molecule has 0 fully saturated rings. The first-order valence-electron chi connectivity index (χ1n) is 33.7. The van der Waals surface area contributed by atoms with Crippen LogP contribution in [0.15, 0.2) is 205 Å². The van der Waals surface area contributed by atoms with Crippen molar-refractivity contribution < 1.29 is 46.6 Å². The third kappa shape index (κ3) is 5.03. The van der Waals surface area contributed by atoms with E-state index in [9.17, 15) is 20.6 Å². The van der Waals surface area contributed by atoms with Crippen LogP contribution in [0.2, 0.25) is 0 Å². The van der Waals surface area contributed by atoms with Crippen LogP contribution < -0.4 is 0 Å². The Bertz CT molecular complexity index is 5440. The van der Waals surface area contributed by atoms with Gasteiger partial charge in [-0.05, 0) is 99.8 Å². The molecule has 0 aliphatic carbocycles. The van der Waals surface area contributed by atoms with Crippen LogP contribution >= 0.6 is 11.3 Å². The summed E-state index contributed by atoms with van der Waals surface area (Å²) in [5.41, 5.74) is -8.80. The maximum absolute atomic E-state index is 10.0. The van der Waals surface area contributed by atoms with Gasteiger partial charge in [0.05, 0.1) is 68.7 Å². The summed E-state index contributed by atoms with van der Waals surface area (Å²) < 4.78 is 309. The minimum atomic E-state index is -1.10. The van der Waals surface area contributed by atoms with E-state index < -0.39 is 294 Å². The molecular formula is C54H34N2S. The van der Waals surface area contributed by atoms with Gasteiger partial charge < -0.3 is 9.13 Å². The van der Waals surface area contributed by atoms with Crippen molar-refractivity contribution in [3.63, 3.8) is 0 Å². The zero-order valence-corrected chi connectivity index (χ0v) is 29.1. The number of hydrogen-bond donors (Lipinski definition) is 0. The van der Waals surface area contributed by atoms with E-state index in [4.69, 9.17) is 26.0 Å². The van der Waals surface area contributed by atoms with E-state index >= 15 is 0 Å². The predicted octanol–water partition coefficient (Wildman–Crippen LogP) is 15.2. The summed E-state index contributed by atoms with van der Waals surface area (Å²) in [5.74, 6) is 0. The highest BCUT2D eigenvalue weighted by Gasteiger charge is 2.18. The third-order valence-corrected chi connectivity index (χ3v) is 10.2. The van der Waals surface area contributed by atoms with Gasteiger partial charge in [0.25, 0.3) is 0 Å². The van der Waals surface area contributed by atoms with Gasteiger partial charge in [-0.25, -0.2) is 0 Å². The number of benzene rings is 9. The maximum atomic E-state index is 10.0. The second kappa shape index (κ2) is 12.7. The van der Waals surface area contributed by atoms with E-state index in [-0.39, 0.29) is 20.2 Å². The van der Waals surface area contributed by atoms with Crippen molar-refractivity contribution in [2.75, 3.05) is 0 Å². The minimum absolute atomic E-state index is 0.248. The lowest BCUT2D eigenvalue weighted by Crippen LogP contribution is -1.94. The average Bonchev–Trinajstić information content (AvgIpc) is 1.52. The lowest BCUT2D eigenvalue weighted by atomic mass is 9.99. The molecule has 3 heteroatoms. The molecule has 0 unspecified atom stereocenters. The van der Waals surface area contributed by atoms with Gasteiger partial charge in [0.1, 0.15) is 0 Å². The molecule has 57 heavy (non-hydrogen) atoms. The molecule has 0 saturated carbocycles. The Morgan fingerprint density at radius 2 is 0.825 bits per heavy atom. The number of nitrogens with zero attached hydrogens (tertiary/aromatic N) is 2. The summed E-state index contributed by atoms with van der Waals surface area (Å²) in [5, 5.41) is -3.32. The molecule has 0 bridgehead atoms. The highest BCUT2D eigenvalue weighted by atomic mass is 32.1. The van der Waals surface area contributed by atoms with Gasteiger partial charge >= 0.3 is 0 Å². The Balaban J connectivity index is 1.21. The first-order valence-corrected chi connectivity index (χ1v) is 17.6. The number of thiophene rings is 1. The molecule has 3 aromatic heterocycles. The molecule has 0 radical (unpaired) electrons. The van der Waals surface area contributed by atoms with Gasteiger partial charge in [-0.15, -0.1) is 11.3 Å². The van der Waals surface area contributed by atoms with Gasteiger partial charge in [0.15, 0.2) is 0 Å². The van der Waals surface area contributed by atoms with Gasteiger partial charge in [0.2, 0.25) is 0 Å². The lowest BCUT2D eigenvalue weighted by molar-refractivity contribution is 1.18. The van der Waals surface area contributed by atoms with E-state index in [2.05, 4.69) is 0 Å². The van der Waals surface area contributed by atoms with Crippen LogP contribution in [0.3, 0.4) is 0 Å². The summed E-state index contributed by atoms with van der Waals surface area (Å²) in [7, 11) is 0. The maximum Gasteiger partial charge on any atom is 0.0660 e. The fourth-order valence-electron chi connectivity index (χ4n) is 6.76. The molecule has 3 heterocycles. The minimum Gasteiger partial charge on any atom is -0.309 e. The monoisotopic (exact) mass is 776 g/mol. The summed E-state index contributed by atoms with van der Waals surface area (Å²) in [6, 6.07) is -31.5. The highest BCUT2D eigenvalue weighted by molar-refractivity contribution is 7.26. The molecule has 0 N–H and O–H groups in total. The lowest BCUT2D eigenvalue weighted by Gasteiger charge is -2.10. The largest absolute Gasteiger partial charge is 0.309 e. The molecule has 0 aliphatic heterocycles. The Labute approximate surface area is 381 Å². The Morgan fingerprint density at radius 1 is 0.316 bits per heavy atom. The molecule has 266 valence electrons. The molecule has 0 aliphatic rings. The van der Waals surface area contributed by atoms with E-state index in [0.29, 0.717) is 15.9 Å². The van der Waals surface area contributed by atoms with E-state index in [1.807, 2.05) is 0 Å². The highest BCUT2D eigenvalue weighted by Crippen LogP contribution is 2.43. The van der Waals surface area contributed by atoms with Crippen LogP contribution in [-0.2, 0) is 0 Å². The number of rotatable bonds is 5. The van der Waals surface area contributed by atoms with Crippen molar-refractivity contribution >= 4 is 75.1 Å². The molecule has 9 aromatic carbocycles. The van der Waals surface area contributed by atoms with Crippen molar-refractivity contribution in [2.24, 2.45) is 0 Å². The molecule has 0 spiro atoms. The smallest absolute Gasteiger partial charge is 0.0660 e. The standard InChI is InChI=1S/C54H34N2S/c1-3-12-35(13-4-1)36-22-26-40(27-23-36)55-48-19-9-7-16-43(48)46-32-38(24-30-50(46)55)39-25-31-51-47(33-39)44-17-8-10-20-49(44)56(51)41-28-29-45-53(34-41)57-52-21-11-18-42(54(45)52)37-14-5-2-6-15-37/h1-34H/i1D,2D,3D,4D,5D,6D,7D,8D,9D,10D,11D,12D,13D,14D,15D,16D,17D,18D,19D,20D,21D,22D,23D,24D,25D,26D,27D,28D,29D,30D,31D,32D,33D,34D. The fraction of sp³-hybridized carbons (Fsp3) is 0. The Hall–Kier alpha value is -7.20. The van der Waals surface area contributed by atoms with Gasteiger partial charge in [0, 0.05) is 53.1 Å². The number of para-hydroxylation sites is 2. The van der Waals surface area contributed by atoms with Crippen molar-refractivity contribution in [3.05, 3.63) is 205 Å². The number of hydrogen-bond acceptors (Lipinski definition) is 1. The number of aromatic nitrogens is 2.